The van der Waals surface area contributed by atoms with Gasteiger partial charge in [-0.2, -0.15) is 5.10 Å². The maximum absolute atomic E-state index is 7.97. The van der Waals surface area contributed by atoms with Gasteiger partial charge in [-0.15, -0.1) is 5.10 Å². The van der Waals surface area contributed by atoms with E-state index in [1.807, 2.05) is 42.5 Å². The van der Waals surface area contributed by atoms with Gasteiger partial charge in [0.1, 0.15) is 0 Å². The molecular weight excluding hydrogens is 296 g/mol. The highest BCUT2D eigenvalue weighted by molar-refractivity contribution is 6.24. The molecule has 0 saturated carbocycles. The number of nitrogens with zero attached hydrogens (tertiary/aromatic N) is 3. The van der Waals surface area contributed by atoms with Crippen molar-refractivity contribution in [3.63, 3.8) is 0 Å². The van der Waals surface area contributed by atoms with Gasteiger partial charge < -0.3 is 9.98 Å². The Morgan fingerprint density at radius 3 is 2.42 bits per heavy atom. The van der Waals surface area contributed by atoms with Crippen LogP contribution in [-0.4, -0.2) is 16.0 Å². The Morgan fingerprint density at radius 1 is 0.917 bits per heavy atom. The van der Waals surface area contributed by atoms with Crippen molar-refractivity contribution in [3.8, 4) is 0 Å². The molecule has 0 saturated heterocycles. The number of rotatable bonds is 5. The molecule has 0 spiro atoms. The van der Waals surface area contributed by atoms with Crippen LogP contribution < -0.4 is 5.36 Å². The minimum absolute atomic E-state index is 0.511. The molecule has 2 aromatic rings. The zero-order valence-corrected chi connectivity index (χ0v) is 13.9. The van der Waals surface area contributed by atoms with Crippen molar-refractivity contribution < 1.29 is 0 Å². The van der Waals surface area contributed by atoms with Gasteiger partial charge in [0.15, 0.2) is 0 Å². The molecule has 4 nitrogen and oxygen atoms in total. The van der Waals surface area contributed by atoms with Crippen molar-refractivity contribution in [2.24, 2.45) is 10.2 Å². The van der Waals surface area contributed by atoms with E-state index in [9.17, 15) is 0 Å². The summed E-state index contributed by atoms with van der Waals surface area (Å²) in [6, 6.07) is 11.8. The number of aromatic nitrogens is 1. The number of hydrogen-bond donors (Lipinski definition) is 1. The third-order valence-electron chi connectivity index (χ3n) is 4.07. The second-order valence-electron chi connectivity index (χ2n) is 5.88. The van der Waals surface area contributed by atoms with Gasteiger partial charge in [-0.3, -0.25) is 0 Å². The topological polar surface area (TPSA) is 53.5 Å². The normalized spacial score (nSPS) is 14.7. The average molecular weight is 318 g/mol. The van der Waals surface area contributed by atoms with E-state index in [0.717, 1.165) is 28.7 Å². The Morgan fingerprint density at radius 2 is 1.67 bits per heavy atom. The molecule has 1 heterocycles. The second kappa shape index (κ2) is 7.68. The maximum atomic E-state index is 7.97. The summed E-state index contributed by atoms with van der Waals surface area (Å²) in [6.45, 7) is 3.26. The van der Waals surface area contributed by atoms with E-state index >= 15 is 0 Å². The molecule has 1 aliphatic carbocycles. The first-order valence-corrected chi connectivity index (χ1v) is 8.42. The van der Waals surface area contributed by atoms with Gasteiger partial charge in [-0.05, 0) is 30.7 Å². The van der Waals surface area contributed by atoms with Crippen molar-refractivity contribution in [1.29, 1.82) is 5.41 Å². The molecule has 1 aromatic heterocycles. The van der Waals surface area contributed by atoms with Crippen LogP contribution >= 0.6 is 0 Å². The van der Waals surface area contributed by atoms with Gasteiger partial charge in [0.05, 0.1) is 16.8 Å². The zero-order chi connectivity index (χ0) is 16.8. The molecule has 0 fully saturated rings. The Kier molecular flexibility index (Phi) is 5.16. The maximum Gasteiger partial charge on any atom is 0.0936 e. The van der Waals surface area contributed by atoms with Gasteiger partial charge >= 0.3 is 0 Å². The second-order valence-corrected chi connectivity index (χ2v) is 5.88. The van der Waals surface area contributed by atoms with Crippen LogP contribution in [0.3, 0.4) is 0 Å². The molecule has 24 heavy (non-hydrogen) atoms. The lowest BCUT2D eigenvalue weighted by molar-refractivity contribution is 0.599. The molecule has 0 atom stereocenters. The SMILES string of the molecule is CCCCCn1ccc(=N/N=C2\C=CC(=N)c3ccccc32)cc1. The molecule has 0 amide bonds. The first-order valence-electron chi connectivity index (χ1n) is 8.42. The third kappa shape index (κ3) is 3.77. The van der Waals surface area contributed by atoms with Crippen LogP contribution in [0, 0.1) is 5.41 Å². The van der Waals surface area contributed by atoms with Crippen molar-refractivity contribution in [3.05, 3.63) is 77.4 Å². The lowest BCUT2D eigenvalue weighted by atomic mass is 9.94. The number of pyridine rings is 1. The fourth-order valence-corrected chi connectivity index (χ4v) is 2.69. The highest BCUT2D eigenvalue weighted by Crippen LogP contribution is 2.16. The molecule has 0 unspecified atom stereocenters. The Bertz CT molecular complexity index is 835. The average Bonchev–Trinajstić information content (AvgIpc) is 2.63. The Hall–Kier alpha value is -2.75. The van der Waals surface area contributed by atoms with Crippen LogP contribution in [0.2, 0.25) is 0 Å². The quantitative estimate of drug-likeness (QED) is 0.642. The van der Waals surface area contributed by atoms with Crippen LogP contribution in [0.25, 0.3) is 0 Å². The summed E-state index contributed by atoms with van der Waals surface area (Å²) in [4.78, 5) is 0. The standard InChI is InChI=1S/C20H22N4/c1-2-3-6-13-24-14-11-16(12-15-24)22-23-20-10-9-19(21)17-7-4-5-8-18(17)20/h4-5,7-12,14-15,21H,2-3,6,13H2,1H3/b21-19?,23-20+. The number of benzene rings is 1. The van der Waals surface area contributed by atoms with E-state index in [-0.39, 0.29) is 0 Å². The van der Waals surface area contributed by atoms with E-state index in [2.05, 4.69) is 34.1 Å². The largest absolute Gasteiger partial charge is 0.354 e. The summed E-state index contributed by atoms with van der Waals surface area (Å²) in [6.07, 6.45) is 11.4. The first kappa shape index (κ1) is 16.1. The van der Waals surface area contributed by atoms with Gasteiger partial charge in [-0.25, -0.2) is 0 Å². The predicted molar refractivity (Wildman–Crippen MR) is 98.5 cm³/mol. The molecule has 1 N–H and O–H groups in total. The highest BCUT2D eigenvalue weighted by Gasteiger charge is 2.13. The summed E-state index contributed by atoms with van der Waals surface area (Å²) in [5.41, 5.74) is 3.16. The molecule has 4 heteroatoms. The lowest BCUT2D eigenvalue weighted by Crippen LogP contribution is -2.12. The zero-order valence-electron chi connectivity index (χ0n) is 13.9. The van der Waals surface area contributed by atoms with Crippen LogP contribution in [-0.2, 0) is 6.54 Å². The molecule has 1 aromatic carbocycles. The summed E-state index contributed by atoms with van der Waals surface area (Å²) in [5.74, 6) is 0. The number of nitrogens with one attached hydrogen (secondary N) is 1. The minimum Gasteiger partial charge on any atom is -0.354 e. The fourth-order valence-electron chi connectivity index (χ4n) is 2.69. The Labute approximate surface area is 142 Å². The monoisotopic (exact) mass is 318 g/mol. The summed E-state index contributed by atoms with van der Waals surface area (Å²) >= 11 is 0. The molecular formula is C20H22N4. The first-order chi connectivity index (χ1) is 11.8. The van der Waals surface area contributed by atoms with Crippen LogP contribution in [0.4, 0.5) is 0 Å². The van der Waals surface area contributed by atoms with Gasteiger partial charge in [0, 0.05) is 30.1 Å². The van der Waals surface area contributed by atoms with Gasteiger partial charge in [0.2, 0.25) is 0 Å². The number of fused-ring (bicyclic) bond motifs is 1. The number of aryl methyl sites for hydroxylation is 1. The number of hydrogen-bond acceptors (Lipinski definition) is 3. The van der Waals surface area contributed by atoms with E-state index < -0.39 is 0 Å². The van der Waals surface area contributed by atoms with Crippen LogP contribution in [0.15, 0.2) is 71.1 Å². The molecule has 0 aliphatic heterocycles. The molecule has 0 radical (unpaired) electrons. The summed E-state index contributed by atoms with van der Waals surface area (Å²) in [5, 5.41) is 17.5. The van der Waals surface area contributed by atoms with E-state index in [1.54, 1.807) is 6.08 Å². The van der Waals surface area contributed by atoms with E-state index in [0.29, 0.717) is 5.71 Å². The molecule has 0 bridgehead atoms. The number of allylic oxidation sites excluding steroid dienone is 2. The van der Waals surface area contributed by atoms with Gasteiger partial charge in [0.25, 0.3) is 0 Å². The Balaban J connectivity index is 1.81. The third-order valence-corrected chi connectivity index (χ3v) is 4.07. The summed E-state index contributed by atoms with van der Waals surface area (Å²) < 4.78 is 2.18. The van der Waals surface area contributed by atoms with E-state index in [1.165, 1.54) is 19.3 Å². The highest BCUT2D eigenvalue weighted by atomic mass is 15.2. The minimum atomic E-state index is 0.511. The predicted octanol–water partition coefficient (Wildman–Crippen LogP) is 3.92. The van der Waals surface area contributed by atoms with Crippen molar-refractivity contribution in [2.75, 3.05) is 0 Å². The number of unbranched alkanes of at least 4 members (excludes halogenated alkanes) is 2. The van der Waals surface area contributed by atoms with Crippen molar-refractivity contribution in [2.45, 2.75) is 32.7 Å². The molecule has 3 rings (SSSR count). The fraction of sp³-hybridized carbons (Fsp3) is 0.250. The van der Waals surface area contributed by atoms with Gasteiger partial charge in [-0.1, -0.05) is 44.0 Å². The molecule has 122 valence electrons. The lowest BCUT2D eigenvalue weighted by Gasteiger charge is -2.12. The van der Waals surface area contributed by atoms with E-state index in [4.69, 9.17) is 5.41 Å². The van der Waals surface area contributed by atoms with Crippen molar-refractivity contribution >= 4 is 11.4 Å². The van der Waals surface area contributed by atoms with Crippen LogP contribution in [0.1, 0.15) is 37.3 Å². The van der Waals surface area contributed by atoms with Crippen LogP contribution in [0.5, 0.6) is 0 Å². The summed E-state index contributed by atoms with van der Waals surface area (Å²) in [7, 11) is 0. The van der Waals surface area contributed by atoms with Crippen molar-refractivity contribution in [1.82, 2.24) is 4.57 Å². The molecule has 1 aliphatic rings. The smallest absolute Gasteiger partial charge is 0.0936 e.